The van der Waals surface area contributed by atoms with Gasteiger partial charge in [0.05, 0.1) is 42.4 Å². The number of hydrogen-bond acceptors (Lipinski definition) is 6. The summed E-state index contributed by atoms with van der Waals surface area (Å²) in [5.74, 6) is 0.354. The summed E-state index contributed by atoms with van der Waals surface area (Å²) in [6.45, 7) is 0. The second-order valence-electron chi connectivity index (χ2n) is 13.3. The molecule has 2 heterocycles. The fourth-order valence-electron chi connectivity index (χ4n) is 9.56. The van der Waals surface area contributed by atoms with E-state index >= 15 is 0 Å². The highest BCUT2D eigenvalue weighted by atomic mass is 16.5. The lowest BCUT2D eigenvalue weighted by Gasteiger charge is -2.59. The molecule has 4 fully saturated rings. The van der Waals surface area contributed by atoms with E-state index in [1.165, 1.54) is 4.68 Å². The Morgan fingerprint density at radius 1 is 0.896 bits per heavy atom. The number of carbonyl (C=O) groups excluding carboxylic acids is 2. The van der Waals surface area contributed by atoms with Crippen LogP contribution < -0.4 is 14.8 Å². The second kappa shape index (κ2) is 11.4. The topological polar surface area (TPSA) is 125 Å². The fourth-order valence-corrected chi connectivity index (χ4v) is 9.56. The molecule has 48 heavy (non-hydrogen) atoms. The van der Waals surface area contributed by atoms with Gasteiger partial charge in [-0.2, -0.15) is 5.10 Å². The molecule has 4 bridgehead atoms. The van der Waals surface area contributed by atoms with Crippen molar-refractivity contribution in [1.82, 2.24) is 14.3 Å². The molecule has 0 atom stereocenters. The second-order valence-corrected chi connectivity index (χ2v) is 13.3. The van der Waals surface area contributed by atoms with Crippen LogP contribution >= 0.6 is 0 Å². The van der Waals surface area contributed by atoms with Crippen LogP contribution in [0.1, 0.15) is 48.2 Å². The lowest BCUT2D eigenvalue weighted by molar-refractivity contribution is -0.162. The molecule has 2 aromatic heterocycles. The van der Waals surface area contributed by atoms with Gasteiger partial charge in [-0.05, 0) is 92.2 Å². The van der Waals surface area contributed by atoms with Crippen molar-refractivity contribution in [2.45, 2.75) is 37.5 Å². The first kappa shape index (κ1) is 30.0. The summed E-state index contributed by atoms with van der Waals surface area (Å²) in [5.41, 5.74) is 1.82. The Hall–Kier alpha value is -5.38. The van der Waals surface area contributed by atoms with Crippen molar-refractivity contribution >= 4 is 34.7 Å². The number of benzene rings is 3. The quantitative estimate of drug-likeness (QED) is 0.175. The molecule has 2 N–H and O–H groups in total. The molecular formula is C38H36N4O6. The number of carboxylic acid groups (broad SMARTS) is 1. The third-order valence-electron chi connectivity index (χ3n) is 11.2. The summed E-state index contributed by atoms with van der Waals surface area (Å²) in [5, 5.41) is 20.3. The number of aliphatic carboxylic acids is 1. The van der Waals surface area contributed by atoms with Crippen LogP contribution in [0.3, 0.4) is 0 Å². The van der Waals surface area contributed by atoms with Crippen LogP contribution in [0.25, 0.3) is 27.7 Å². The summed E-state index contributed by atoms with van der Waals surface area (Å²) in [7, 11) is 3.15. The molecule has 0 unspecified atom stereocenters. The van der Waals surface area contributed by atoms with Gasteiger partial charge in [0.15, 0.2) is 0 Å². The van der Waals surface area contributed by atoms with E-state index in [4.69, 9.17) is 9.47 Å². The van der Waals surface area contributed by atoms with E-state index in [9.17, 15) is 19.5 Å². The number of methoxy groups -OCH3 is 2. The Labute approximate surface area is 277 Å². The van der Waals surface area contributed by atoms with Gasteiger partial charge in [-0.3, -0.25) is 14.4 Å². The highest BCUT2D eigenvalue weighted by Crippen LogP contribution is 2.64. The summed E-state index contributed by atoms with van der Waals surface area (Å²) in [6, 6.07) is 20.3. The number of nitrogens with zero attached hydrogens (tertiary/aromatic N) is 3. The summed E-state index contributed by atoms with van der Waals surface area (Å²) < 4.78 is 15.1. The third kappa shape index (κ3) is 4.24. The average molecular weight is 645 g/mol. The molecule has 0 radical (unpaired) electrons. The largest absolute Gasteiger partial charge is 0.496 e. The number of amides is 1. The molecule has 0 saturated heterocycles. The minimum atomic E-state index is -1.35. The lowest BCUT2D eigenvalue weighted by atomic mass is 9.44. The maximum absolute atomic E-state index is 14.7. The first-order chi connectivity index (χ1) is 23.4. The number of carbonyl (C=O) groups is 3. The van der Waals surface area contributed by atoms with Gasteiger partial charge in [0.2, 0.25) is 6.41 Å². The van der Waals surface area contributed by atoms with Crippen molar-refractivity contribution in [3.05, 3.63) is 90.4 Å². The number of aromatic nitrogens is 3. The van der Waals surface area contributed by atoms with Gasteiger partial charge in [-0.15, -0.1) is 0 Å². The van der Waals surface area contributed by atoms with Gasteiger partial charge in [-0.1, -0.05) is 30.3 Å². The van der Waals surface area contributed by atoms with Crippen molar-refractivity contribution in [3.63, 3.8) is 0 Å². The van der Waals surface area contributed by atoms with E-state index in [2.05, 4.69) is 10.4 Å². The molecule has 3 aromatic carbocycles. The first-order valence-electron chi connectivity index (χ1n) is 16.4. The molecule has 1 amide bonds. The summed E-state index contributed by atoms with van der Waals surface area (Å²) in [4.78, 5) is 40.5. The maximum atomic E-state index is 14.7. The van der Waals surface area contributed by atoms with Gasteiger partial charge in [-0.25, -0.2) is 4.68 Å². The van der Waals surface area contributed by atoms with Crippen molar-refractivity contribution in [3.8, 4) is 28.4 Å². The van der Waals surface area contributed by atoms with Crippen LogP contribution in [-0.4, -0.2) is 52.0 Å². The predicted molar refractivity (Wildman–Crippen MR) is 180 cm³/mol. The number of fused-ring (bicyclic) bond motifs is 1. The van der Waals surface area contributed by atoms with Gasteiger partial charge in [0.25, 0.3) is 5.91 Å². The molecule has 10 nitrogen and oxygen atoms in total. The molecule has 0 spiro atoms. The Kier molecular flexibility index (Phi) is 7.12. The van der Waals surface area contributed by atoms with Gasteiger partial charge >= 0.3 is 5.97 Å². The van der Waals surface area contributed by atoms with Gasteiger partial charge in [0.1, 0.15) is 16.9 Å². The molecule has 244 valence electrons. The molecule has 9 rings (SSSR count). The van der Waals surface area contributed by atoms with Crippen LogP contribution in [-0.2, 0) is 15.0 Å². The van der Waals surface area contributed by atoms with Crippen molar-refractivity contribution in [2.75, 3.05) is 19.5 Å². The Morgan fingerprint density at radius 2 is 1.56 bits per heavy atom. The maximum Gasteiger partial charge on any atom is 0.316 e. The molecule has 5 aromatic rings. The Balaban J connectivity index is 1.56. The molecule has 4 aliphatic rings. The van der Waals surface area contributed by atoms with E-state index < -0.39 is 17.3 Å². The minimum Gasteiger partial charge on any atom is -0.496 e. The number of carboxylic acids is 1. The predicted octanol–water partition coefficient (Wildman–Crippen LogP) is 6.55. The highest BCUT2D eigenvalue weighted by molar-refractivity contribution is 6.05. The number of nitrogens with one attached hydrogen (secondary N) is 1. The van der Waals surface area contributed by atoms with E-state index in [-0.39, 0.29) is 17.4 Å². The fraction of sp³-hybridized carbons (Fsp3) is 0.316. The van der Waals surface area contributed by atoms with Gasteiger partial charge < -0.3 is 24.5 Å². The molecular weight excluding hydrogens is 608 g/mol. The lowest BCUT2D eigenvalue weighted by Crippen LogP contribution is -2.60. The number of hydrogen-bond donors (Lipinski definition) is 2. The normalized spacial score (nSPS) is 24.0. The average Bonchev–Trinajstić information content (AvgIpc) is 3.77. The van der Waals surface area contributed by atoms with Crippen molar-refractivity contribution in [1.29, 1.82) is 0 Å². The zero-order chi connectivity index (χ0) is 33.2. The van der Waals surface area contributed by atoms with E-state index in [0.717, 1.165) is 42.9 Å². The first-order valence-corrected chi connectivity index (χ1v) is 16.4. The Bertz CT molecular complexity index is 2030. The smallest absolute Gasteiger partial charge is 0.316 e. The monoisotopic (exact) mass is 644 g/mol. The van der Waals surface area contributed by atoms with E-state index in [0.29, 0.717) is 58.1 Å². The SMILES string of the molecule is COc1cccc(OC)c1-c1cc(C(=O)n2cccn2)c(C2(C(=O)O)C3CC4CC(C3)CC2C4)n1-c1ccc(NC=O)c2ccccc12. The van der Waals surface area contributed by atoms with Crippen LogP contribution in [0, 0.1) is 23.7 Å². The summed E-state index contributed by atoms with van der Waals surface area (Å²) >= 11 is 0. The standard InChI is InChI=1S/C38H36N4O6/c1-47-32-9-5-10-33(48-2)34(32)31-20-28(36(44)41-14-6-13-40-41)35(38(37(45)46)24-16-22-15-23(18-24)19-25(38)17-22)42(31)30-12-11-29(39-21-43)26-7-3-4-8-27(26)30/h3-14,20-25H,15-19H2,1-2H3,(H,39,43)(H,45,46). The molecule has 10 heteroatoms. The Morgan fingerprint density at radius 3 is 2.15 bits per heavy atom. The van der Waals surface area contributed by atoms with Crippen molar-refractivity contribution in [2.24, 2.45) is 23.7 Å². The van der Waals surface area contributed by atoms with Crippen molar-refractivity contribution < 1.29 is 29.0 Å². The summed E-state index contributed by atoms with van der Waals surface area (Å²) in [6.07, 6.45) is 8.12. The van der Waals surface area contributed by atoms with Crippen LogP contribution in [0.2, 0.25) is 0 Å². The van der Waals surface area contributed by atoms with E-state index in [1.807, 2.05) is 59.2 Å². The van der Waals surface area contributed by atoms with Crippen LogP contribution in [0.15, 0.2) is 79.1 Å². The number of rotatable bonds is 9. The number of ether oxygens (including phenoxy) is 2. The zero-order valence-electron chi connectivity index (χ0n) is 26.8. The minimum absolute atomic E-state index is 0.154. The zero-order valence-corrected chi connectivity index (χ0v) is 26.8. The third-order valence-corrected chi connectivity index (χ3v) is 11.2. The van der Waals surface area contributed by atoms with Crippen LogP contribution in [0.5, 0.6) is 11.5 Å². The molecule has 0 aliphatic heterocycles. The van der Waals surface area contributed by atoms with Crippen LogP contribution in [0.4, 0.5) is 5.69 Å². The highest BCUT2D eigenvalue weighted by Gasteiger charge is 2.64. The molecule has 4 aliphatic carbocycles. The van der Waals surface area contributed by atoms with E-state index in [1.54, 1.807) is 38.7 Å². The van der Waals surface area contributed by atoms with Gasteiger partial charge in [0, 0.05) is 28.9 Å². The number of anilines is 1. The molecule has 4 saturated carbocycles.